The van der Waals surface area contributed by atoms with Crippen molar-refractivity contribution in [2.24, 2.45) is 0 Å². The lowest BCUT2D eigenvalue weighted by Crippen LogP contribution is -2.16. The Morgan fingerprint density at radius 2 is 2.00 bits per heavy atom. The first-order chi connectivity index (χ1) is 11.9. The number of thiazole rings is 1. The number of hydrogen-bond donors (Lipinski definition) is 2. The van der Waals surface area contributed by atoms with Crippen LogP contribution >= 0.6 is 11.3 Å². The number of sulfonamides is 1. The summed E-state index contributed by atoms with van der Waals surface area (Å²) in [6, 6.07) is 5.45. The summed E-state index contributed by atoms with van der Waals surface area (Å²) < 4.78 is 29.0. The van der Waals surface area contributed by atoms with E-state index in [4.69, 9.17) is 0 Å². The molecule has 1 aliphatic heterocycles. The molecule has 1 saturated heterocycles. The normalized spacial score (nSPS) is 15.2. The molecule has 3 aromatic rings. The fourth-order valence-corrected chi connectivity index (χ4v) is 5.64. The molecule has 0 radical (unpaired) electrons. The number of anilines is 2. The minimum absolute atomic E-state index is 0.203. The third kappa shape index (κ3) is 2.98. The Kier molecular flexibility index (Phi) is 3.92. The Morgan fingerprint density at radius 3 is 2.68 bits per heavy atom. The molecule has 4 rings (SSSR count). The summed E-state index contributed by atoms with van der Waals surface area (Å²) in [6.45, 7) is 5.45. The molecular formula is C16H19N5O2S2. The van der Waals surface area contributed by atoms with Gasteiger partial charge in [-0.2, -0.15) is 5.10 Å². The van der Waals surface area contributed by atoms with Crippen molar-refractivity contribution in [1.82, 2.24) is 15.2 Å². The molecule has 0 bridgehead atoms. The predicted octanol–water partition coefficient (Wildman–Crippen LogP) is 3.04. The number of nitrogens with zero attached hydrogens (tertiary/aromatic N) is 3. The lowest BCUT2D eigenvalue weighted by atomic mass is 10.3. The van der Waals surface area contributed by atoms with Crippen LogP contribution in [0.1, 0.15) is 24.2 Å². The van der Waals surface area contributed by atoms with E-state index < -0.39 is 10.0 Å². The van der Waals surface area contributed by atoms with Gasteiger partial charge in [-0.25, -0.2) is 13.4 Å². The molecular weight excluding hydrogens is 358 g/mol. The molecule has 0 spiro atoms. The summed E-state index contributed by atoms with van der Waals surface area (Å²) in [6.07, 6.45) is 2.40. The molecule has 1 aliphatic rings. The maximum absolute atomic E-state index is 12.7. The summed E-state index contributed by atoms with van der Waals surface area (Å²) in [5.41, 5.74) is 2.41. The summed E-state index contributed by atoms with van der Waals surface area (Å²) in [5.74, 6) is 0. The highest BCUT2D eigenvalue weighted by atomic mass is 32.2. The van der Waals surface area contributed by atoms with Crippen molar-refractivity contribution in [3.05, 3.63) is 29.6 Å². The zero-order chi connectivity index (χ0) is 17.6. The van der Waals surface area contributed by atoms with E-state index >= 15 is 0 Å². The van der Waals surface area contributed by atoms with Gasteiger partial charge in [0.1, 0.15) is 4.90 Å². The van der Waals surface area contributed by atoms with E-state index in [1.807, 2.05) is 12.1 Å². The minimum atomic E-state index is -3.68. The number of rotatable bonds is 4. The third-order valence-electron chi connectivity index (χ3n) is 4.34. The molecule has 0 saturated carbocycles. The van der Waals surface area contributed by atoms with Crippen LogP contribution < -0.4 is 9.62 Å². The molecule has 2 N–H and O–H groups in total. The number of nitrogens with one attached hydrogen (secondary N) is 2. The van der Waals surface area contributed by atoms with Crippen LogP contribution in [0.15, 0.2) is 23.1 Å². The average Bonchev–Trinajstić information content (AvgIpc) is 3.26. The summed E-state index contributed by atoms with van der Waals surface area (Å²) in [7, 11) is -3.68. The van der Waals surface area contributed by atoms with Gasteiger partial charge in [0, 0.05) is 13.1 Å². The molecule has 1 aromatic carbocycles. The first kappa shape index (κ1) is 16.3. The van der Waals surface area contributed by atoms with Crippen molar-refractivity contribution in [3.63, 3.8) is 0 Å². The van der Waals surface area contributed by atoms with Crippen LogP contribution in [0.4, 0.5) is 10.8 Å². The van der Waals surface area contributed by atoms with E-state index in [1.165, 1.54) is 12.8 Å². The van der Waals surface area contributed by atoms with Gasteiger partial charge in [0.05, 0.1) is 27.3 Å². The van der Waals surface area contributed by atoms with Gasteiger partial charge in [0.15, 0.2) is 5.13 Å². The monoisotopic (exact) mass is 377 g/mol. The zero-order valence-electron chi connectivity index (χ0n) is 14.0. The van der Waals surface area contributed by atoms with Crippen LogP contribution in [-0.4, -0.2) is 36.7 Å². The summed E-state index contributed by atoms with van der Waals surface area (Å²) >= 11 is 1.60. The fraction of sp³-hybridized carbons (Fsp3) is 0.375. The van der Waals surface area contributed by atoms with Gasteiger partial charge in [-0.3, -0.25) is 9.82 Å². The van der Waals surface area contributed by atoms with Crippen LogP contribution in [0.25, 0.3) is 10.2 Å². The van der Waals surface area contributed by atoms with E-state index in [0.29, 0.717) is 17.1 Å². The third-order valence-corrected chi connectivity index (χ3v) is 7.06. The summed E-state index contributed by atoms with van der Waals surface area (Å²) in [5, 5.41) is 7.68. The van der Waals surface area contributed by atoms with E-state index in [0.717, 1.165) is 28.4 Å². The maximum atomic E-state index is 12.7. The largest absolute Gasteiger partial charge is 0.348 e. The molecule has 7 nitrogen and oxygen atoms in total. The Balaban J connectivity index is 1.65. The topological polar surface area (TPSA) is 91.0 Å². The lowest BCUT2D eigenvalue weighted by molar-refractivity contribution is 0.600. The molecule has 0 atom stereocenters. The SMILES string of the molecule is Cc1n[nH]c(C)c1S(=O)(=O)Nc1ccc2nc(N3CCCC3)sc2c1. The second-order valence-electron chi connectivity index (χ2n) is 6.24. The maximum Gasteiger partial charge on any atom is 0.265 e. The van der Waals surface area contributed by atoms with E-state index in [-0.39, 0.29) is 4.90 Å². The van der Waals surface area contributed by atoms with Crippen molar-refractivity contribution in [1.29, 1.82) is 0 Å². The second kappa shape index (κ2) is 5.99. The number of aryl methyl sites for hydroxylation is 2. The van der Waals surface area contributed by atoms with Crippen LogP contribution in [0.2, 0.25) is 0 Å². The molecule has 1 fully saturated rings. The number of benzene rings is 1. The molecule has 0 unspecified atom stereocenters. The van der Waals surface area contributed by atoms with Crippen molar-refractivity contribution < 1.29 is 8.42 Å². The van der Waals surface area contributed by atoms with Crippen molar-refractivity contribution >= 4 is 42.4 Å². The first-order valence-electron chi connectivity index (χ1n) is 8.14. The Morgan fingerprint density at radius 1 is 1.24 bits per heavy atom. The lowest BCUT2D eigenvalue weighted by Gasteiger charge is -2.11. The van der Waals surface area contributed by atoms with Gasteiger partial charge in [-0.1, -0.05) is 11.3 Å². The molecule has 9 heteroatoms. The highest BCUT2D eigenvalue weighted by Gasteiger charge is 2.23. The molecule has 132 valence electrons. The standard InChI is InChI=1S/C16H19N5O2S2/c1-10-15(11(2)19-18-10)25(22,23)20-12-5-6-13-14(9-12)24-16(17-13)21-7-3-4-8-21/h5-6,9,20H,3-4,7-8H2,1-2H3,(H,18,19). The predicted molar refractivity (Wildman–Crippen MR) is 99.9 cm³/mol. The van der Waals surface area contributed by atoms with Crippen molar-refractivity contribution in [2.45, 2.75) is 31.6 Å². The highest BCUT2D eigenvalue weighted by molar-refractivity contribution is 7.92. The van der Waals surface area contributed by atoms with E-state index in [9.17, 15) is 8.42 Å². The number of H-pyrrole nitrogens is 1. The van der Waals surface area contributed by atoms with Gasteiger partial charge in [0.25, 0.3) is 10.0 Å². The van der Waals surface area contributed by atoms with E-state index in [1.54, 1.807) is 31.3 Å². The molecule has 0 aliphatic carbocycles. The molecule has 3 heterocycles. The zero-order valence-corrected chi connectivity index (χ0v) is 15.7. The van der Waals surface area contributed by atoms with Crippen LogP contribution in [-0.2, 0) is 10.0 Å². The van der Waals surface area contributed by atoms with Gasteiger partial charge >= 0.3 is 0 Å². The quantitative estimate of drug-likeness (QED) is 0.729. The Bertz CT molecular complexity index is 1010. The van der Waals surface area contributed by atoms with Crippen LogP contribution in [0, 0.1) is 13.8 Å². The van der Waals surface area contributed by atoms with Crippen LogP contribution in [0.5, 0.6) is 0 Å². The second-order valence-corrected chi connectivity index (χ2v) is 8.87. The molecule has 0 amide bonds. The van der Waals surface area contributed by atoms with Gasteiger partial charge < -0.3 is 4.90 Å². The van der Waals surface area contributed by atoms with E-state index in [2.05, 4.69) is 24.8 Å². The average molecular weight is 377 g/mol. The molecule has 2 aromatic heterocycles. The van der Waals surface area contributed by atoms with Crippen molar-refractivity contribution in [3.8, 4) is 0 Å². The minimum Gasteiger partial charge on any atom is -0.348 e. The first-order valence-corrected chi connectivity index (χ1v) is 10.4. The van der Waals surface area contributed by atoms with Gasteiger partial charge in [0.2, 0.25) is 0 Å². The summed E-state index contributed by atoms with van der Waals surface area (Å²) in [4.78, 5) is 7.15. The fourth-order valence-electron chi connectivity index (χ4n) is 3.16. The smallest absolute Gasteiger partial charge is 0.265 e. The number of aromatic amines is 1. The molecule has 25 heavy (non-hydrogen) atoms. The van der Waals surface area contributed by atoms with Gasteiger partial charge in [-0.05, 0) is 44.9 Å². The number of hydrogen-bond acceptors (Lipinski definition) is 6. The van der Waals surface area contributed by atoms with Gasteiger partial charge in [-0.15, -0.1) is 0 Å². The Labute approximate surface area is 150 Å². The van der Waals surface area contributed by atoms with Crippen molar-refractivity contribution in [2.75, 3.05) is 22.7 Å². The van der Waals surface area contributed by atoms with Crippen LogP contribution in [0.3, 0.4) is 0 Å². The Hall–Kier alpha value is -2.13. The highest BCUT2D eigenvalue weighted by Crippen LogP contribution is 2.33. The number of aromatic nitrogens is 3. The number of fused-ring (bicyclic) bond motifs is 1.